The van der Waals surface area contributed by atoms with E-state index in [9.17, 15) is 14.3 Å². The summed E-state index contributed by atoms with van der Waals surface area (Å²) < 4.78 is 14.2. The second-order valence-corrected chi connectivity index (χ2v) is 5.25. The highest BCUT2D eigenvalue weighted by Gasteiger charge is 2.28. The quantitative estimate of drug-likeness (QED) is 0.888. The van der Waals surface area contributed by atoms with Crippen LogP contribution >= 0.6 is 0 Å². The first-order valence-corrected chi connectivity index (χ1v) is 6.97. The molecule has 1 aliphatic heterocycles. The average Bonchev–Trinajstić information content (AvgIpc) is 2.46. The van der Waals surface area contributed by atoms with Gasteiger partial charge in [0.25, 0.3) is 0 Å². The third kappa shape index (κ3) is 2.93. The maximum atomic E-state index is 14.2. The maximum Gasteiger partial charge on any atom is 0.224 e. The molecule has 4 nitrogen and oxygen atoms in total. The monoisotopic (exact) mass is 280 g/mol. The SMILES string of the molecule is CNC(=O)C1CCCN(c2c(F)cccc2C(C)O)C1. The smallest absolute Gasteiger partial charge is 0.224 e. The average molecular weight is 280 g/mol. The van der Waals surface area contributed by atoms with E-state index >= 15 is 0 Å². The van der Waals surface area contributed by atoms with Crippen LogP contribution in [0.2, 0.25) is 0 Å². The lowest BCUT2D eigenvalue weighted by molar-refractivity contribution is -0.124. The highest BCUT2D eigenvalue weighted by Crippen LogP contribution is 2.32. The number of hydrogen-bond acceptors (Lipinski definition) is 3. The van der Waals surface area contributed by atoms with Crippen molar-refractivity contribution in [3.8, 4) is 0 Å². The third-order valence-electron chi connectivity index (χ3n) is 3.82. The molecule has 0 radical (unpaired) electrons. The van der Waals surface area contributed by atoms with Crippen LogP contribution in [0, 0.1) is 11.7 Å². The van der Waals surface area contributed by atoms with E-state index in [1.54, 1.807) is 26.1 Å². The van der Waals surface area contributed by atoms with Gasteiger partial charge in [0.15, 0.2) is 0 Å². The van der Waals surface area contributed by atoms with Gasteiger partial charge >= 0.3 is 0 Å². The molecule has 1 saturated heterocycles. The molecule has 0 aromatic heterocycles. The van der Waals surface area contributed by atoms with Crippen LogP contribution in [0.1, 0.15) is 31.4 Å². The largest absolute Gasteiger partial charge is 0.389 e. The number of benzene rings is 1. The van der Waals surface area contributed by atoms with Crippen LogP contribution in [0.25, 0.3) is 0 Å². The van der Waals surface area contributed by atoms with Gasteiger partial charge in [0.2, 0.25) is 5.91 Å². The van der Waals surface area contributed by atoms with E-state index in [1.165, 1.54) is 6.07 Å². The Morgan fingerprint density at radius 2 is 2.30 bits per heavy atom. The van der Waals surface area contributed by atoms with Crippen LogP contribution in [0.15, 0.2) is 18.2 Å². The second-order valence-electron chi connectivity index (χ2n) is 5.25. The molecule has 1 aromatic rings. The van der Waals surface area contributed by atoms with E-state index < -0.39 is 6.10 Å². The summed E-state index contributed by atoms with van der Waals surface area (Å²) in [5.41, 5.74) is 0.999. The number of halogens is 1. The van der Waals surface area contributed by atoms with Gasteiger partial charge in [-0.15, -0.1) is 0 Å². The molecule has 1 aromatic carbocycles. The van der Waals surface area contributed by atoms with E-state index in [0.29, 0.717) is 24.3 Å². The molecule has 20 heavy (non-hydrogen) atoms. The summed E-state index contributed by atoms with van der Waals surface area (Å²) in [7, 11) is 1.62. The zero-order valence-electron chi connectivity index (χ0n) is 11.9. The van der Waals surface area contributed by atoms with Crippen molar-refractivity contribution in [2.45, 2.75) is 25.9 Å². The molecule has 110 valence electrons. The summed E-state index contributed by atoms with van der Waals surface area (Å²) in [6.07, 6.45) is 0.918. The number of carbonyl (C=O) groups excluding carboxylic acids is 1. The first-order valence-electron chi connectivity index (χ1n) is 6.97. The molecular formula is C15H21FN2O2. The van der Waals surface area contributed by atoms with Crippen molar-refractivity contribution in [3.05, 3.63) is 29.6 Å². The van der Waals surface area contributed by atoms with Gasteiger partial charge in [0, 0.05) is 25.7 Å². The summed E-state index contributed by atoms with van der Waals surface area (Å²) in [6, 6.07) is 4.72. The predicted molar refractivity (Wildman–Crippen MR) is 76.0 cm³/mol. The Balaban J connectivity index is 2.29. The Bertz CT molecular complexity index is 491. The number of piperidine rings is 1. The first-order chi connectivity index (χ1) is 9.54. The van der Waals surface area contributed by atoms with Crippen molar-refractivity contribution >= 4 is 11.6 Å². The zero-order valence-corrected chi connectivity index (χ0v) is 11.9. The standard InChI is InChI=1S/C15H21FN2O2/c1-10(19)12-6-3-7-13(16)14(12)18-8-4-5-11(9-18)15(20)17-2/h3,6-7,10-11,19H,4-5,8-9H2,1-2H3,(H,17,20). The number of hydrogen-bond donors (Lipinski definition) is 2. The molecule has 0 spiro atoms. The summed E-state index contributed by atoms with van der Waals surface area (Å²) in [5, 5.41) is 12.5. The van der Waals surface area contributed by atoms with Crippen LogP contribution in [0.4, 0.5) is 10.1 Å². The fraction of sp³-hybridized carbons (Fsp3) is 0.533. The molecule has 1 aliphatic rings. The van der Waals surface area contributed by atoms with Gasteiger partial charge in [0.1, 0.15) is 5.82 Å². The zero-order chi connectivity index (χ0) is 14.7. The van der Waals surface area contributed by atoms with E-state index in [-0.39, 0.29) is 17.6 Å². The summed E-state index contributed by atoms with van der Waals surface area (Å²) >= 11 is 0. The van der Waals surface area contributed by atoms with Crippen LogP contribution < -0.4 is 10.2 Å². The van der Waals surface area contributed by atoms with Crippen molar-refractivity contribution < 1.29 is 14.3 Å². The third-order valence-corrected chi connectivity index (χ3v) is 3.82. The molecule has 1 heterocycles. The molecule has 0 aliphatic carbocycles. The molecule has 0 bridgehead atoms. The molecule has 1 fully saturated rings. The number of para-hydroxylation sites is 1. The van der Waals surface area contributed by atoms with Crippen molar-refractivity contribution in [1.29, 1.82) is 0 Å². The Morgan fingerprint density at radius 1 is 1.55 bits per heavy atom. The number of nitrogens with zero attached hydrogens (tertiary/aromatic N) is 1. The topological polar surface area (TPSA) is 52.6 Å². The molecule has 2 atom stereocenters. The van der Waals surface area contributed by atoms with Crippen molar-refractivity contribution in [2.75, 3.05) is 25.0 Å². The molecular weight excluding hydrogens is 259 g/mol. The number of nitrogens with one attached hydrogen (secondary N) is 1. The van der Waals surface area contributed by atoms with Crippen LogP contribution in [-0.4, -0.2) is 31.2 Å². The fourth-order valence-corrected chi connectivity index (χ4v) is 2.80. The van der Waals surface area contributed by atoms with Crippen LogP contribution in [-0.2, 0) is 4.79 Å². The van der Waals surface area contributed by atoms with Gasteiger partial charge in [-0.1, -0.05) is 12.1 Å². The van der Waals surface area contributed by atoms with Gasteiger partial charge < -0.3 is 15.3 Å². The lowest BCUT2D eigenvalue weighted by atomic mass is 9.95. The fourth-order valence-electron chi connectivity index (χ4n) is 2.80. The van der Waals surface area contributed by atoms with E-state index in [0.717, 1.165) is 12.8 Å². The van der Waals surface area contributed by atoms with Crippen molar-refractivity contribution in [1.82, 2.24) is 5.32 Å². The minimum absolute atomic E-state index is 0.00960. The summed E-state index contributed by atoms with van der Waals surface area (Å²) in [4.78, 5) is 13.6. The Hall–Kier alpha value is -1.62. The van der Waals surface area contributed by atoms with Crippen LogP contribution in [0.5, 0.6) is 0 Å². The number of amides is 1. The van der Waals surface area contributed by atoms with Crippen LogP contribution in [0.3, 0.4) is 0 Å². The number of rotatable bonds is 3. The minimum Gasteiger partial charge on any atom is -0.389 e. The van der Waals surface area contributed by atoms with E-state index in [1.807, 2.05) is 4.90 Å². The summed E-state index contributed by atoms with van der Waals surface area (Å²) in [5.74, 6) is -0.485. The number of aliphatic hydroxyl groups excluding tert-OH is 1. The molecule has 2 rings (SSSR count). The van der Waals surface area contributed by atoms with Crippen molar-refractivity contribution in [2.24, 2.45) is 5.92 Å². The summed E-state index contributed by atoms with van der Waals surface area (Å²) in [6.45, 7) is 2.81. The normalized spacial score (nSPS) is 20.6. The number of carbonyl (C=O) groups is 1. The lowest BCUT2D eigenvalue weighted by Gasteiger charge is -2.35. The molecule has 2 N–H and O–H groups in total. The Morgan fingerprint density at radius 3 is 2.95 bits per heavy atom. The number of aliphatic hydroxyl groups is 1. The highest BCUT2D eigenvalue weighted by molar-refractivity contribution is 5.79. The van der Waals surface area contributed by atoms with Gasteiger partial charge in [-0.3, -0.25) is 4.79 Å². The first kappa shape index (κ1) is 14.8. The highest BCUT2D eigenvalue weighted by atomic mass is 19.1. The second kappa shape index (κ2) is 6.22. The molecule has 1 amide bonds. The Labute approximate surface area is 118 Å². The Kier molecular flexibility index (Phi) is 4.60. The minimum atomic E-state index is -0.735. The molecule has 5 heteroatoms. The maximum absolute atomic E-state index is 14.2. The van der Waals surface area contributed by atoms with Gasteiger partial charge in [-0.25, -0.2) is 4.39 Å². The lowest BCUT2D eigenvalue weighted by Crippen LogP contribution is -2.42. The molecule has 2 unspecified atom stereocenters. The van der Waals surface area contributed by atoms with Gasteiger partial charge in [-0.05, 0) is 25.8 Å². The van der Waals surface area contributed by atoms with Gasteiger partial charge in [0.05, 0.1) is 17.7 Å². The van der Waals surface area contributed by atoms with Gasteiger partial charge in [-0.2, -0.15) is 0 Å². The predicted octanol–water partition coefficient (Wildman–Crippen LogP) is 1.84. The number of anilines is 1. The van der Waals surface area contributed by atoms with E-state index in [4.69, 9.17) is 0 Å². The van der Waals surface area contributed by atoms with Crippen molar-refractivity contribution in [3.63, 3.8) is 0 Å². The van der Waals surface area contributed by atoms with E-state index in [2.05, 4.69) is 5.32 Å². The molecule has 0 saturated carbocycles.